The maximum Gasteiger partial charge on any atom is 0.200 e. The lowest BCUT2D eigenvalue weighted by Gasteiger charge is -2.20. The van der Waals surface area contributed by atoms with Crippen LogP contribution in [0.2, 0.25) is 0 Å². The van der Waals surface area contributed by atoms with E-state index < -0.39 is 0 Å². The van der Waals surface area contributed by atoms with Crippen molar-refractivity contribution in [3.05, 3.63) is 11.9 Å². The summed E-state index contributed by atoms with van der Waals surface area (Å²) < 4.78 is 7.63. The van der Waals surface area contributed by atoms with Crippen LogP contribution in [0.25, 0.3) is 0 Å². The molecule has 0 aliphatic carbocycles. The van der Waals surface area contributed by atoms with Gasteiger partial charge in [-0.05, 0) is 26.7 Å². The van der Waals surface area contributed by atoms with E-state index in [0.717, 1.165) is 25.1 Å². The zero-order valence-electron chi connectivity index (χ0n) is 8.73. The minimum absolute atomic E-state index is 0.290. The topological polar surface area (TPSA) is 53.1 Å². The van der Waals surface area contributed by atoms with Gasteiger partial charge in [0.25, 0.3) is 0 Å². The highest BCUT2D eigenvalue weighted by molar-refractivity contribution is 5.22. The van der Waals surface area contributed by atoms with Gasteiger partial charge in [0.05, 0.1) is 17.8 Å². The molecule has 4 heteroatoms. The molecule has 1 saturated heterocycles. The van der Waals surface area contributed by atoms with Crippen LogP contribution in [0, 0.1) is 6.92 Å². The molecule has 1 aliphatic heterocycles. The van der Waals surface area contributed by atoms with E-state index in [-0.39, 0.29) is 0 Å². The predicted molar refractivity (Wildman–Crippen MR) is 55.1 cm³/mol. The summed E-state index contributed by atoms with van der Waals surface area (Å²) in [5, 5.41) is 0. The molecule has 2 unspecified atom stereocenters. The molecule has 2 heterocycles. The molecule has 14 heavy (non-hydrogen) atoms. The van der Waals surface area contributed by atoms with E-state index in [1.807, 2.05) is 17.7 Å². The van der Waals surface area contributed by atoms with Gasteiger partial charge in [-0.1, -0.05) is 0 Å². The number of nitrogens with two attached hydrogens (primary N) is 1. The van der Waals surface area contributed by atoms with Crippen molar-refractivity contribution in [2.75, 3.05) is 12.3 Å². The molecular weight excluding hydrogens is 178 g/mol. The summed E-state index contributed by atoms with van der Waals surface area (Å²) in [5.74, 6) is 0.588. The third kappa shape index (κ3) is 1.62. The van der Waals surface area contributed by atoms with Gasteiger partial charge >= 0.3 is 0 Å². The SMILES string of the molecule is Cc1cn(C(C)C2CCCO2)c(N)n1. The lowest BCUT2D eigenvalue weighted by atomic mass is 10.1. The van der Waals surface area contributed by atoms with Crippen molar-refractivity contribution in [2.24, 2.45) is 0 Å². The first-order valence-corrected chi connectivity index (χ1v) is 5.11. The maximum absolute atomic E-state index is 5.81. The van der Waals surface area contributed by atoms with Crippen molar-refractivity contribution in [1.29, 1.82) is 0 Å². The number of ether oxygens (including phenoxy) is 1. The molecule has 1 aromatic heterocycles. The molecule has 1 fully saturated rings. The van der Waals surface area contributed by atoms with E-state index in [9.17, 15) is 0 Å². The van der Waals surface area contributed by atoms with Crippen LogP contribution < -0.4 is 5.73 Å². The van der Waals surface area contributed by atoms with E-state index in [1.54, 1.807) is 0 Å². The molecule has 2 rings (SSSR count). The van der Waals surface area contributed by atoms with Crippen molar-refractivity contribution in [2.45, 2.75) is 38.8 Å². The molecular formula is C10H17N3O. The van der Waals surface area contributed by atoms with Gasteiger partial charge in [-0.2, -0.15) is 0 Å². The second-order valence-electron chi connectivity index (χ2n) is 3.94. The Hall–Kier alpha value is -1.03. The number of aryl methyl sites for hydroxylation is 1. The summed E-state index contributed by atoms with van der Waals surface area (Å²) >= 11 is 0. The Morgan fingerprint density at radius 3 is 3.00 bits per heavy atom. The standard InChI is InChI=1S/C10H17N3O/c1-7-6-13(10(11)12-7)8(2)9-4-3-5-14-9/h6,8-9H,3-5H2,1-2H3,(H2,11,12). The zero-order chi connectivity index (χ0) is 10.1. The minimum Gasteiger partial charge on any atom is -0.376 e. The maximum atomic E-state index is 5.81. The average molecular weight is 195 g/mol. The van der Waals surface area contributed by atoms with E-state index >= 15 is 0 Å². The first kappa shape index (κ1) is 9.52. The van der Waals surface area contributed by atoms with Crippen LogP contribution in [0.1, 0.15) is 31.5 Å². The van der Waals surface area contributed by atoms with Gasteiger partial charge in [-0.3, -0.25) is 0 Å². The number of nitrogen functional groups attached to an aromatic ring is 1. The summed E-state index contributed by atoms with van der Waals surface area (Å²) in [7, 11) is 0. The van der Waals surface area contributed by atoms with Crippen molar-refractivity contribution >= 4 is 5.95 Å². The number of hydrogen-bond acceptors (Lipinski definition) is 3. The van der Waals surface area contributed by atoms with Crippen LogP contribution in [0.15, 0.2) is 6.20 Å². The minimum atomic E-state index is 0.290. The third-order valence-corrected chi connectivity index (χ3v) is 2.82. The molecule has 1 aromatic rings. The summed E-state index contributed by atoms with van der Waals surface area (Å²) in [4.78, 5) is 4.19. The number of imidazole rings is 1. The average Bonchev–Trinajstić information content (AvgIpc) is 2.73. The number of rotatable bonds is 2. The van der Waals surface area contributed by atoms with Gasteiger partial charge in [0, 0.05) is 12.8 Å². The van der Waals surface area contributed by atoms with Gasteiger partial charge in [0.15, 0.2) is 0 Å². The van der Waals surface area contributed by atoms with Gasteiger partial charge in [-0.15, -0.1) is 0 Å². The van der Waals surface area contributed by atoms with Gasteiger partial charge in [-0.25, -0.2) is 4.98 Å². The Balaban J connectivity index is 2.17. The molecule has 0 amide bonds. The number of nitrogens with zero attached hydrogens (tertiary/aromatic N) is 2. The summed E-state index contributed by atoms with van der Waals surface area (Å²) in [6.45, 7) is 4.96. The van der Waals surface area contributed by atoms with Gasteiger partial charge < -0.3 is 15.0 Å². The summed E-state index contributed by atoms with van der Waals surface area (Å²) in [5.41, 5.74) is 6.77. The summed E-state index contributed by atoms with van der Waals surface area (Å²) in [6, 6.07) is 0.290. The molecule has 0 bridgehead atoms. The first-order valence-electron chi connectivity index (χ1n) is 5.11. The Kier molecular flexibility index (Phi) is 2.46. The van der Waals surface area contributed by atoms with Crippen molar-refractivity contribution < 1.29 is 4.74 Å². The van der Waals surface area contributed by atoms with Crippen LogP contribution in [-0.4, -0.2) is 22.3 Å². The van der Waals surface area contributed by atoms with Crippen molar-refractivity contribution in [3.63, 3.8) is 0 Å². The van der Waals surface area contributed by atoms with Gasteiger partial charge in [0.1, 0.15) is 0 Å². The molecule has 2 atom stereocenters. The lowest BCUT2D eigenvalue weighted by Crippen LogP contribution is -2.21. The van der Waals surface area contributed by atoms with Crippen LogP contribution in [0.4, 0.5) is 5.95 Å². The van der Waals surface area contributed by atoms with Gasteiger partial charge in [0.2, 0.25) is 5.95 Å². The second kappa shape index (κ2) is 3.61. The Labute approximate surface area is 84.1 Å². The van der Waals surface area contributed by atoms with E-state index in [4.69, 9.17) is 10.5 Å². The number of aromatic nitrogens is 2. The molecule has 0 saturated carbocycles. The lowest BCUT2D eigenvalue weighted by molar-refractivity contribution is 0.0739. The molecule has 0 aromatic carbocycles. The highest BCUT2D eigenvalue weighted by Crippen LogP contribution is 2.25. The third-order valence-electron chi connectivity index (χ3n) is 2.82. The zero-order valence-corrected chi connectivity index (χ0v) is 8.73. The Bertz CT molecular complexity index is 315. The van der Waals surface area contributed by atoms with E-state index in [0.29, 0.717) is 18.1 Å². The number of anilines is 1. The molecule has 2 N–H and O–H groups in total. The molecule has 0 radical (unpaired) electrons. The smallest absolute Gasteiger partial charge is 0.200 e. The molecule has 4 nitrogen and oxygen atoms in total. The number of hydrogen-bond donors (Lipinski definition) is 1. The Morgan fingerprint density at radius 2 is 2.50 bits per heavy atom. The van der Waals surface area contributed by atoms with Crippen LogP contribution in [-0.2, 0) is 4.74 Å². The molecule has 78 valence electrons. The summed E-state index contributed by atoms with van der Waals surface area (Å²) in [6.07, 6.45) is 4.56. The fourth-order valence-electron chi connectivity index (χ4n) is 2.02. The monoisotopic (exact) mass is 195 g/mol. The first-order chi connectivity index (χ1) is 6.68. The van der Waals surface area contributed by atoms with E-state index in [2.05, 4.69) is 11.9 Å². The van der Waals surface area contributed by atoms with Crippen molar-refractivity contribution in [3.8, 4) is 0 Å². The highest BCUT2D eigenvalue weighted by Gasteiger charge is 2.24. The normalized spacial score (nSPS) is 24.0. The highest BCUT2D eigenvalue weighted by atomic mass is 16.5. The molecule has 0 spiro atoms. The van der Waals surface area contributed by atoms with Crippen LogP contribution >= 0.6 is 0 Å². The van der Waals surface area contributed by atoms with Crippen molar-refractivity contribution in [1.82, 2.24) is 9.55 Å². The fraction of sp³-hybridized carbons (Fsp3) is 0.700. The van der Waals surface area contributed by atoms with E-state index in [1.165, 1.54) is 0 Å². The quantitative estimate of drug-likeness (QED) is 0.778. The molecule has 1 aliphatic rings. The predicted octanol–water partition coefficient (Wildman–Crippen LogP) is 1.51. The Morgan fingerprint density at radius 1 is 1.71 bits per heavy atom. The second-order valence-corrected chi connectivity index (χ2v) is 3.94. The van der Waals surface area contributed by atoms with Crippen LogP contribution in [0.3, 0.4) is 0 Å². The van der Waals surface area contributed by atoms with Crippen LogP contribution in [0.5, 0.6) is 0 Å². The fourth-order valence-corrected chi connectivity index (χ4v) is 2.02. The largest absolute Gasteiger partial charge is 0.376 e.